The minimum atomic E-state index is -0.336. The van der Waals surface area contributed by atoms with Gasteiger partial charge in [0.05, 0.1) is 19.9 Å². The number of amides is 1. The summed E-state index contributed by atoms with van der Waals surface area (Å²) >= 11 is 1.32. The van der Waals surface area contributed by atoms with Crippen molar-refractivity contribution in [2.24, 2.45) is 0 Å². The van der Waals surface area contributed by atoms with Crippen LogP contribution in [0.4, 0.5) is 16.6 Å². The average molecular weight is 356 g/mol. The van der Waals surface area contributed by atoms with E-state index in [0.717, 1.165) is 0 Å². The van der Waals surface area contributed by atoms with E-state index in [-0.39, 0.29) is 5.91 Å². The molecule has 0 aliphatic rings. The third kappa shape index (κ3) is 4.04. The molecule has 0 saturated carbocycles. The molecule has 0 saturated heterocycles. The van der Waals surface area contributed by atoms with E-state index in [1.54, 1.807) is 36.9 Å². The lowest BCUT2D eigenvalue weighted by molar-refractivity contribution is 0.102. The first-order valence-corrected chi connectivity index (χ1v) is 8.24. The molecule has 3 rings (SSSR count). The third-order valence-electron chi connectivity index (χ3n) is 3.29. The summed E-state index contributed by atoms with van der Waals surface area (Å²) in [6.07, 6.45) is 1.68. The molecule has 0 aliphatic heterocycles. The van der Waals surface area contributed by atoms with Gasteiger partial charge in [0.25, 0.3) is 5.91 Å². The van der Waals surface area contributed by atoms with Gasteiger partial charge in [-0.2, -0.15) is 0 Å². The molecule has 1 aromatic carbocycles. The molecule has 25 heavy (non-hydrogen) atoms. The topological polar surface area (TPSA) is 85.4 Å². The minimum Gasteiger partial charge on any atom is -0.497 e. The van der Waals surface area contributed by atoms with Gasteiger partial charge in [-0.3, -0.25) is 4.79 Å². The molecule has 0 radical (unpaired) electrons. The minimum absolute atomic E-state index is 0.299. The smallest absolute Gasteiger partial charge is 0.275 e. The van der Waals surface area contributed by atoms with Crippen molar-refractivity contribution in [3.8, 4) is 11.5 Å². The van der Waals surface area contributed by atoms with Gasteiger partial charge in [0.1, 0.15) is 23.0 Å². The molecule has 2 heterocycles. The predicted octanol–water partition coefficient (Wildman–Crippen LogP) is 3.55. The molecule has 2 N–H and O–H groups in total. The number of anilines is 3. The van der Waals surface area contributed by atoms with Crippen LogP contribution in [0.15, 0.2) is 48.0 Å². The second-order valence-electron chi connectivity index (χ2n) is 4.90. The van der Waals surface area contributed by atoms with Crippen LogP contribution >= 0.6 is 11.3 Å². The SMILES string of the molecule is COc1ccc(OC)c(NC(=O)c2csc(Nc3ccccn3)n2)c1. The van der Waals surface area contributed by atoms with Gasteiger partial charge >= 0.3 is 0 Å². The first kappa shape index (κ1) is 16.7. The Morgan fingerprint density at radius 1 is 1.16 bits per heavy atom. The fourth-order valence-electron chi connectivity index (χ4n) is 2.08. The van der Waals surface area contributed by atoms with E-state index in [4.69, 9.17) is 9.47 Å². The highest BCUT2D eigenvalue weighted by atomic mass is 32.1. The number of hydrogen-bond acceptors (Lipinski definition) is 7. The number of pyridine rings is 1. The molecule has 0 fully saturated rings. The van der Waals surface area contributed by atoms with Crippen LogP contribution in [0, 0.1) is 0 Å². The predicted molar refractivity (Wildman–Crippen MR) is 97.1 cm³/mol. The Balaban J connectivity index is 1.74. The summed E-state index contributed by atoms with van der Waals surface area (Å²) in [4.78, 5) is 20.9. The Morgan fingerprint density at radius 2 is 2.04 bits per heavy atom. The maximum absolute atomic E-state index is 12.4. The second kappa shape index (κ2) is 7.63. The standard InChI is InChI=1S/C17H16N4O3S/c1-23-11-6-7-14(24-2)12(9-11)19-16(22)13-10-25-17(20-13)21-15-5-3-4-8-18-15/h3-10H,1-2H3,(H,19,22)(H,18,20,21). The molecular weight excluding hydrogens is 340 g/mol. The summed E-state index contributed by atoms with van der Waals surface area (Å²) in [5, 5.41) is 8.10. The monoisotopic (exact) mass is 356 g/mol. The number of nitrogens with one attached hydrogen (secondary N) is 2. The fraction of sp³-hybridized carbons (Fsp3) is 0.118. The van der Waals surface area contributed by atoms with Crippen LogP contribution in [-0.2, 0) is 0 Å². The molecule has 0 spiro atoms. The molecule has 7 nitrogen and oxygen atoms in total. The van der Waals surface area contributed by atoms with Crippen LogP contribution in [0.2, 0.25) is 0 Å². The van der Waals surface area contributed by atoms with Crippen molar-refractivity contribution in [3.63, 3.8) is 0 Å². The number of aromatic nitrogens is 2. The maximum atomic E-state index is 12.4. The van der Waals surface area contributed by atoms with Crippen molar-refractivity contribution >= 4 is 33.9 Å². The Morgan fingerprint density at radius 3 is 2.76 bits per heavy atom. The van der Waals surface area contributed by atoms with Gasteiger partial charge in [-0.05, 0) is 24.3 Å². The number of hydrogen-bond donors (Lipinski definition) is 2. The van der Waals surface area contributed by atoms with Crippen LogP contribution in [0.5, 0.6) is 11.5 Å². The highest BCUT2D eigenvalue weighted by Crippen LogP contribution is 2.29. The number of ether oxygens (including phenoxy) is 2. The van der Waals surface area contributed by atoms with Gasteiger partial charge in [0.2, 0.25) is 0 Å². The lowest BCUT2D eigenvalue weighted by Crippen LogP contribution is -2.13. The number of carbonyl (C=O) groups excluding carboxylic acids is 1. The van der Waals surface area contributed by atoms with E-state index in [1.165, 1.54) is 18.4 Å². The molecule has 0 unspecified atom stereocenters. The normalized spacial score (nSPS) is 10.2. The molecule has 0 bridgehead atoms. The molecule has 1 amide bonds. The van der Waals surface area contributed by atoms with Crippen molar-refractivity contribution in [1.29, 1.82) is 0 Å². The summed E-state index contributed by atoms with van der Waals surface area (Å²) in [5.74, 6) is 1.48. The molecular formula is C17H16N4O3S. The maximum Gasteiger partial charge on any atom is 0.275 e. The lowest BCUT2D eigenvalue weighted by atomic mass is 10.2. The molecule has 128 valence electrons. The summed E-state index contributed by atoms with van der Waals surface area (Å²) in [6.45, 7) is 0. The summed E-state index contributed by atoms with van der Waals surface area (Å²) in [6, 6.07) is 10.7. The zero-order valence-corrected chi connectivity index (χ0v) is 14.5. The van der Waals surface area contributed by atoms with E-state index in [9.17, 15) is 4.79 Å². The Hall–Kier alpha value is -3.13. The van der Waals surface area contributed by atoms with Crippen LogP contribution in [0.1, 0.15) is 10.5 Å². The zero-order chi connectivity index (χ0) is 17.6. The largest absolute Gasteiger partial charge is 0.497 e. The van der Waals surface area contributed by atoms with Crippen molar-refractivity contribution in [2.75, 3.05) is 24.9 Å². The molecule has 2 aromatic heterocycles. The van der Waals surface area contributed by atoms with Crippen molar-refractivity contribution in [3.05, 3.63) is 53.7 Å². The molecule has 0 atom stereocenters. The van der Waals surface area contributed by atoms with Crippen molar-refractivity contribution in [1.82, 2.24) is 9.97 Å². The van der Waals surface area contributed by atoms with Crippen LogP contribution in [-0.4, -0.2) is 30.1 Å². The zero-order valence-electron chi connectivity index (χ0n) is 13.6. The van der Waals surface area contributed by atoms with E-state index in [0.29, 0.717) is 33.8 Å². The van der Waals surface area contributed by atoms with Gasteiger partial charge in [-0.25, -0.2) is 9.97 Å². The van der Waals surface area contributed by atoms with E-state index in [1.807, 2.05) is 18.2 Å². The number of thiazole rings is 1. The Bertz CT molecular complexity index is 867. The average Bonchev–Trinajstić information content (AvgIpc) is 3.11. The lowest BCUT2D eigenvalue weighted by Gasteiger charge is -2.10. The summed E-state index contributed by atoms with van der Waals surface area (Å²) in [7, 11) is 3.10. The van der Waals surface area contributed by atoms with Crippen LogP contribution < -0.4 is 20.1 Å². The molecule has 0 aliphatic carbocycles. The van der Waals surface area contributed by atoms with Crippen molar-refractivity contribution < 1.29 is 14.3 Å². The highest BCUT2D eigenvalue weighted by molar-refractivity contribution is 7.14. The summed E-state index contributed by atoms with van der Waals surface area (Å²) < 4.78 is 10.4. The molecule has 8 heteroatoms. The Labute approximate surface area is 148 Å². The summed E-state index contributed by atoms with van der Waals surface area (Å²) in [5.41, 5.74) is 0.812. The number of nitrogens with zero attached hydrogens (tertiary/aromatic N) is 2. The van der Waals surface area contributed by atoms with Crippen molar-refractivity contribution in [2.45, 2.75) is 0 Å². The quantitative estimate of drug-likeness (QED) is 0.702. The Kier molecular flexibility index (Phi) is 5.10. The first-order chi connectivity index (χ1) is 12.2. The van der Waals surface area contributed by atoms with Crippen LogP contribution in [0.25, 0.3) is 0 Å². The van der Waals surface area contributed by atoms with Gasteiger partial charge in [0.15, 0.2) is 5.13 Å². The number of benzene rings is 1. The number of carbonyl (C=O) groups is 1. The van der Waals surface area contributed by atoms with Gasteiger partial charge in [0, 0.05) is 17.6 Å². The van der Waals surface area contributed by atoms with E-state index in [2.05, 4.69) is 20.6 Å². The van der Waals surface area contributed by atoms with E-state index < -0.39 is 0 Å². The van der Waals surface area contributed by atoms with Crippen LogP contribution in [0.3, 0.4) is 0 Å². The fourth-order valence-corrected chi connectivity index (χ4v) is 2.78. The van der Waals surface area contributed by atoms with Gasteiger partial charge in [-0.15, -0.1) is 11.3 Å². The van der Waals surface area contributed by atoms with E-state index >= 15 is 0 Å². The second-order valence-corrected chi connectivity index (χ2v) is 5.76. The molecule has 3 aromatic rings. The van der Waals surface area contributed by atoms with Gasteiger partial charge < -0.3 is 20.1 Å². The first-order valence-electron chi connectivity index (χ1n) is 7.36. The highest BCUT2D eigenvalue weighted by Gasteiger charge is 2.14. The number of methoxy groups -OCH3 is 2. The number of rotatable bonds is 6. The third-order valence-corrected chi connectivity index (χ3v) is 4.05. The van der Waals surface area contributed by atoms with Gasteiger partial charge in [-0.1, -0.05) is 6.07 Å².